The molecular formula is C17H17BrClN3O2. The van der Waals surface area contributed by atoms with Crippen molar-refractivity contribution in [3.05, 3.63) is 51.6 Å². The molecule has 0 spiro atoms. The molecule has 0 unspecified atom stereocenters. The Morgan fingerprint density at radius 1 is 1.21 bits per heavy atom. The van der Waals surface area contributed by atoms with Crippen molar-refractivity contribution in [2.45, 2.75) is 0 Å². The lowest BCUT2D eigenvalue weighted by atomic mass is 10.1. The molecule has 5 nitrogen and oxygen atoms in total. The minimum atomic E-state index is -0.0352. The molecule has 1 aliphatic rings. The largest absolute Gasteiger partial charge is 0.496 e. The number of carbonyl (C=O) groups excluding carboxylic acids is 1. The summed E-state index contributed by atoms with van der Waals surface area (Å²) in [5, 5.41) is 0.550. The third-order valence-electron chi connectivity index (χ3n) is 4.00. The van der Waals surface area contributed by atoms with Crippen LogP contribution in [-0.4, -0.2) is 49.1 Å². The van der Waals surface area contributed by atoms with Gasteiger partial charge in [0.05, 0.1) is 12.7 Å². The van der Waals surface area contributed by atoms with Gasteiger partial charge in [-0.3, -0.25) is 4.79 Å². The van der Waals surface area contributed by atoms with Crippen LogP contribution in [0.2, 0.25) is 5.02 Å². The molecule has 1 aromatic heterocycles. The number of benzene rings is 1. The van der Waals surface area contributed by atoms with Crippen molar-refractivity contribution >= 4 is 39.3 Å². The number of anilines is 1. The van der Waals surface area contributed by atoms with E-state index in [0.29, 0.717) is 29.4 Å². The van der Waals surface area contributed by atoms with Gasteiger partial charge in [0.25, 0.3) is 5.91 Å². The fourth-order valence-corrected chi connectivity index (χ4v) is 3.10. The number of ether oxygens (including phenoxy) is 1. The molecule has 1 fully saturated rings. The van der Waals surface area contributed by atoms with Crippen LogP contribution in [0.4, 0.5) is 5.82 Å². The minimum Gasteiger partial charge on any atom is -0.496 e. The van der Waals surface area contributed by atoms with Crippen LogP contribution >= 0.6 is 27.5 Å². The number of piperazine rings is 1. The maximum Gasteiger partial charge on any atom is 0.257 e. The number of rotatable bonds is 3. The van der Waals surface area contributed by atoms with E-state index < -0.39 is 0 Å². The molecule has 0 bridgehead atoms. The number of hydrogen-bond donors (Lipinski definition) is 0. The van der Waals surface area contributed by atoms with E-state index in [2.05, 4.69) is 25.8 Å². The van der Waals surface area contributed by atoms with Gasteiger partial charge in [0.2, 0.25) is 0 Å². The number of aromatic nitrogens is 1. The SMILES string of the molecule is COc1cc(Cl)ccc1C(=O)N1CCN(c2ccc(Br)cn2)CC1. The summed E-state index contributed by atoms with van der Waals surface area (Å²) in [4.78, 5) is 21.2. The first-order valence-corrected chi connectivity index (χ1v) is 8.75. The molecule has 0 atom stereocenters. The van der Waals surface area contributed by atoms with Crippen molar-refractivity contribution in [2.24, 2.45) is 0 Å². The number of pyridine rings is 1. The summed E-state index contributed by atoms with van der Waals surface area (Å²) in [5.74, 6) is 1.39. The molecule has 1 saturated heterocycles. The fraction of sp³-hybridized carbons (Fsp3) is 0.294. The summed E-state index contributed by atoms with van der Waals surface area (Å²) in [6.07, 6.45) is 1.78. The molecule has 0 saturated carbocycles. The summed E-state index contributed by atoms with van der Waals surface area (Å²) in [7, 11) is 1.54. The second kappa shape index (κ2) is 7.40. The highest BCUT2D eigenvalue weighted by atomic mass is 79.9. The highest BCUT2D eigenvalue weighted by Crippen LogP contribution is 2.25. The van der Waals surface area contributed by atoms with Gasteiger partial charge in [0.15, 0.2) is 0 Å². The maximum atomic E-state index is 12.7. The standard InChI is InChI=1S/C17H17BrClN3O2/c1-24-15-10-13(19)3-4-14(15)17(23)22-8-6-21(7-9-22)16-5-2-12(18)11-20-16/h2-5,10-11H,6-9H2,1H3. The second-order valence-corrected chi connectivity index (χ2v) is 6.81. The van der Waals surface area contributed by atoms with E-state index in [1.165, 1.54) is 0 Å². The van der Waals surface area contributed by atoms with E-state index in [-0.39, 0.29) is 5.91 Å². The van der Waals surface area contributed by atoms with Gasteiger partial charge in [-0.05, 0) is 46.3 Å². The van der Waals surface area contributed by atoms with E-state index in [0.717, 1.165) is 23.4 Å². The summed E-state index contributed by atoms with van der Waals surface area (Å²) in [6, 6.07) is 9.03. The van der Waals surface area contributed by atoms with Crippen LogP contribution in [0.1, 0.15) is 10.4 Å². The molecule has 1 aliphatic heterocycles. The number of nitrogens with zero attached hydrogens (tertiary/aromatic N) is 3. The van der Waals surface area contributed by atoms with Crippen LogP contribution in [0.3, 0.4) is 0 Å². The number of hydrogen-bond acceptors (Lipinski definition) is 4. The van der Waals surface area contributed by atoms with Crippen LogP contribution in [0.5, 0.6) is 5.75 Å². The van der Waals surface area contributed by atoms with Crippen molar-refractivity contribution in [1.29, 1.82) is 0 Å². The van der Waals surface area contributed by atoms with Crippen molar-refractivity contribution in [3.63, 3.8) is 0 Å². The van der Waals surface area contributed by atoms with Gasteiger partial charge in [-0.15, -0.1) is 0 Å². The van der Waals surface area contributed by atoms with Crippen molar-refractivity contribution in [3.8, 4) is 5.75 Å². The average molecular weight is 411 g/mol. The zero-order chi connectivity index (χ0) is 17.1. The molecule has 1 aromatic carbocycles. The normalized spacial score (nSPS) is 14.6. The fourth-order valence-electron chi connectivity index (χ4n) is 2.71. The first kappa shape index (κ1) is 17.0. The van der Waals surface area contributed by atoms with Crippen LogP contribution < -0.4 is 9.64 Å². The second-order valence-electron chi connectivity index (χ2n) is 5.46. The Labute approximate surface area is 154 Å². The van der Waals surface area contributed by atoms with Gasteiger partial charge < -0.3 is 14.5 Å². The summed E-state index contributed by atoms with van der Waals surface area (Å²) < 4.78 is 6.24. The first-order valence-electron chi connectivity index (χ1n) is 7.58. The summed E-state index contributed by atoms with van der Waals surface area (Å²) in [6.45, 7) is 2.78. The zero-order valence-corrected chi connectivity index (χ0v) is 15.5. The molecule has 126 valence electrons. The maximum absolute atomic E-state index is 12.7. The molecule has 24 heavy (non-hydrogen) atoms. The van der Waals surface area contributed by atoms with Gasteiger partial charge >= 0.3 is 0 Å². The summed E-state index contributed by atoms with van der Waals surface area (Å²) in [5.41, 5.74) is 0.539. The highest BCUT2D eigenvalue weighted by Gasteiger charge is 2.24. The number of methoxy groups -OCH3 is 1. The van der Waals surface area contributed by atoms with Gasteiger partial charge in [-0.2, -0.15) is 0 Å². The summed E-state index contributed by atoms with van der Waals surface area (Å²) >= 11 is 9.35. The van der Waals surface area contributed by atoms with E-state index in [1.54, 1.807) is 31.5 Å². The Morgan fingerprint density at radius 2 is 1.96 bits per heavy atom. The lowest BCUT2D eigenvalue weighted by Gasteiger charge is -2.35. The Hall–Kier alpha value is -1.79. The lowest BCUT2D eigenvalue weighted by molar-refractivity contribution is 0.0743. The third-order valence-corrected chi connectivity index (χ3v) is 4.70. The van der Waals surface area contributed by atoms with Gasteiger partial charge in [-0.25, -0.2) is 4.98 Å². The van der Waals surface area contributed by atoms with Crippen LogP contribution in [0.25, 0.3) is 0 Å². The van der Waals surface area contributed by atoms with Crippen LogP contribution in [0, 0.1) is 0 Å². The van der Waals surface area contributed by atoms with Crippen molar-refractivity contribution < 1.29 is 9.53 Å². The highest BCUT2D eigenvalue weighted by molar-refractivity contribution is 9.10. The van der Waals surface area contributed by atoms with Gasteiger partial charge in [0, 0.05) is 41.9 Å². The molecule has 2 heterocycles. The van der Waals surface area contributed by atoms with Crippen LogP contribution in [0.15, 0.2) is 41.0 Å². The molecule has 7 heteroatoms. The van der Waals surface area contributed by atoms with E-state index in [4.69, 9.17) is 16.3 Å². The number of carbonyl (C=O) groups is 1. The monoisotopic (exact) mass is 409 g/mol. The van der Waals surface area contributed by atoms with Crippen molar-refractivity contribution in [1.82, 2.24) is 9.88 Å². The molecule has 1 amide bonds. The molecule has 3 rings (SSSR count). The minimum absolute atomic E-state index is 0.0352. The Kier molecular flexibility index (Phi) is 5.26. The Morgan fingerprint density at radius 3 is 2.58 bits per heavy atom. The molecular weight excluding hydrogens is 394 g/mol. The Balaban J connectivity index is 1.68. The van der Waals surface area contributed by atoms with E-state index >= 15 is 0 Å². The topological polar surface area (TPSA) is 45.7 Å². The first-order chi connectivity index (χ1) is 11.6. The Bertz CT molecular complexity index is 731. The van der Waals surface area contributed by atoms with Crippen LogP contribution in [-0.2, 0) is 0 Å². The third kappa shape index (κ3) is 3.65. The molecule has 0 radical (unpaired) electrons. The number of halogens is 2. The predicted molar refractivity (Wildman–Crippen MR) is 98.1 cm³/mol. The van der Waals surface area contributed by atoms with E-state index in [9.17, 15) is 4.79 Å². The van der Waals surface area contributed by atoms with Crippen molar-refractivity contribution in [2.75, 3.05) is 38.2 Å². The van der Waals surface area contributed by atoms with E-state index in [1.807, 2.05) is 17.0 Å². The zero-order valence-electron chi connectivity index (χ0n) is 13.2. The number of amides is 1. The molecule has 2 aromatic rings. The van der Waals surface area contributed by atoms with Gasteiger partial charge in [-0.1, -0.05) is 11.6 Å². The molecule has 0 N–H and O–H groups in total. The smallest absolute Gasteiger partial charge is 0.257 e. The predicted octanol–water partition coefficient (Wildman–Crippen LogP) is 3.47. The average Bonchev–Trinajstić information content (AvgIpc) is 2.62. The quantitative estimate of drug-likeness (QED) is 0.777. The lowest BCUT2D eigenvalue weighted by Crippen LogP contribution is -2.49. The van der Waals surface area contributed by atoms with Gasteiger partial charge in [0.1, 0.15) is 11.6 Å². The molecule has 0 aliphatic carbocycles.